The Morgan fingerprint density at radius 1 is 1.80 bits per heavy atom. The Labute approximate surface area is 77.6 Å². The Morgan fingerprint density at radius 3 is 2.60 bits per heavy atom. The van der Waals surface area contributed by atoms with Gasteiger partial charge in [0.15, 0.2) is 0 Å². The predicted molar refractivity (Wildman–Crippen MR) is 50.8 cm³/mol. The second-order valence-corrected chi connectivity index (χ2v) is 2.78. The molecule has 0 atom stereocenters. The Hall–Kier alpha value is 0.1000. The average molecular weight is 273 g/mol. The van der Waals surface area contributed by atoms with Crippen LogP contribution >= 0.6 is 34.2 Å². The first-order chi connectivity index (χ1) is 4.57. The predicted octanol–water partition coefficient (Wildman–Crippen LogP) is 3.05. The molecule has 0 aromatic heterocycles. The lowest BCUT2D eigenvalue weighted by Gasteiger charge is -1.91. The SMILES string of the molecule is C=C(Cl)C(F)=CC(=N)CI. The van der Waals surface area contributed by atoms with Crippen molar-refractivity contribution in [3.05, 3.63) is 23.5 Å². The van der Waals surface area contributed by atoms with E-state index in [0.717, 1.165) is 6.08 Å². The molecule has 0 radical (unpaired) electrons. The standard InChI is InChI=1S/C6H6ClFIN/c1-4(7)6(8)2-5(10)3-9/h2,10H,1,3H2. The third-order valence-electron chi connectivity index (χ3n) is 0.704. The number of hydrogen-bond donors (Lipinski definition) is 1. The molecular weight excluding hydrogens is 267 g/mol. The van der Waals surface area contributed by atoms with Gasteiger partial charge in [0, 0.05) is 10.1 Å². The molecule has 1 N–H and O–H groups in total. The van der Waals surface area contributed by atoms with Gasteiger partial charge in [-0.2, -0.15) is 0 Å². The zero-order valence-corrected chi connectivity index (χ0v) is 8.04. The van der Waals surface area contributed by atoms with E-state index in [1.54, 1.807) is 0 Å². The Balaban J connectivity index is 4.16. The van der Waals surface area contributed by atoms with Crippen LogP contribution in [-0.2, 0) is 0 Å². The van der Waals surface area contributed by atoms with Crippen LogP contribution in [0.3, 0.4) is 0 Å². The zero-order valence-electron chi connectivity index (χ0n) is 5.13. The summed E-state index contributed by atoms with van der Waals surface area (Å²) >= 11 is 7.15. The van der Waals surface area contributed by atoms with Gasteiger partial charge < -0.3 is 5.41 Å². The first kappa shape index (κ1) is 10.1. The maximum Gasteiger partial charge on any atom is 0.142 e. The highest BCUT2D eigenvalue weighted by Gasteiger charge is 1.97. The van der Waals surface area contributed by atoms with Crippen molar-refractivity contribution in [2.75, 3.05) is 4.43 Å². The summed E-state index contributed by atoms with van der Waals surface area (Å²) < 4.78 is 12.9. The fourth-order valence-electron chi connectivity index (χ4n) is 0.270. The number of nitrogens with one attached hydrogen (secondary N) is 1. The highest BCUT2D eigenvalue weighted by atomic mass is 127. The van der Waals surface area contributed by atoms with Crippen LogP contribution < -0.4 is 0 Å². The molecule has 0 bridgehead atoms. The summed E-state index contributed by atoms with van der Waals surface area (Å²) in [6, 6.07) is 0. The molecule has 0 saturated heterocycles. The second kappa shape index (κ2) is 4.85. The molecule has 0 aliphatic carbocycles. The Morgan fingerprint density at radius 2 is 2.30 bits per heavy atom. The lowest BCUT2D eigenvalue weighted by atomic mass is 10.3. The summed E-state index contributed by atoms with van der Waals surface area (Å²) in [5, 5.41) is 6.88. The lowest BCUT2D eigenvalue weighted by molar-refractivity contribution is 0.664. The van der Waals surface area contributed by atoms with E-state index in [1.165, 1.54) is 0 Å². The third kappa shape index (κ3) is 4.00. The summed E-state index contributed by atoms with van der Waals surface area (Å²) in [6.07, 6.45) is 1.06. The largest absolute Gasteiger partial charge is 0.304 e. The summed E-state index contributed by atoms with van der Waals surface area (Å²) in [5.74, 6) is -0.636. The van der Waals surface area contributed by atoms with Crippen molar-refractivity contribution in [2.24, 2.45) is 0 Å². The van der Waals surface area contributed by atoms with E-state index >= 15 is 0 Å². The molecule has 4 heteroatoms. The fourth-order valence-corrected chi connectivity index (χ4v) is 0.545. The fraction of sp³-hybridized carbons (Fsp3) is 0.167. The first-order valence-electron chi connectivity index (χ1n) is 2.43. The van der Waals surface area contributed by atoms with Gasteiger partial charge in [-0.3, -0.25) is 0 Å². The number of allylic oxidation sites excluding steroid dienone is 3. The molecule has 0 fully saturated rings. The van der Waals surface area contributed by atoms with Gasteiger partial charge >= 0.3 is 0 Å². The van der Waals surface area contributed by atoms with Gasteiger partial charge in [0.05, 0.1) is 5.03 Å². The van der Waals surface area contributed by atoms with Crippen molar-refractivity contribution in [1.82, 2.24) is 0 Å². The number of halogens is 3. The van der Waals surface area contributed by atoms with Gasteiger partial charge in [0.2, 0.25) is 0 Å². The molecule has 0 saturated carbocycles. The molecule has 0 aliphatic rings. The first-order valence-corrected chi connectivity index (χ1v) is 4.33. The maximum absolute atomic E-state index is 12.4. The highest BCUT2D eigenvalue weighted by Crippen LogP contribution is 2.12. The van der Waals surface area contributed by atoms with Crippen molar-refractivity contribution in [3.63, 3.8) is 0 Å². The minimum Gasteiger partial charge on any atom is -0.304 e. The van der Waals surface area contributed by atoms with Gasteiger partial charge in [0.25, 0.3) is 0 Å². The topological polar surface area (TPSA) is 23.9 Å². The minimum atomic E-state index is -0.636. The molecule has 0 unspecified atom stereocenters. The van der Waals surface area contributed by atoms with Gasteiger partial charge in [-0.1, -0.05) is 40.8 Å². The average Bonchev–Trinajstić information content (AvgIpc) is 1.87. The van der Waals surface area contributed by atoms with Crippen LogP contribution in [0, 0.1) is 5.41 Å². The maximum atomic E-state index is 12.4. The summed E-state index contributed by atoms with van der Waals surface area (Å²) in [7, 11) is 0. The van der Waals surface area contributed by atoms with E-state index < -0.39 is 5.83 Å². The summed E-state index contributed by atoms with van der Waals surface area (Å²) in [4.78, 5) is 0. The summed E-state index contributed by atoms with van der Waals surface area (Å²) in [6.45, 7) is 3.17. The quantitative estimate of drug-likeness (QED) is 0.354. The van der Waals surface area contributed by atoms with Crippen molar-refractivity contribution in [2.45, 2.75) is 0 Å². The normalized spacial score (nSPS) is 11.3. The minimum absolute atomic E-state index is 0.158. The highest BCUT2D eigenvalue weighted by molar-refractivity contribution is 14.1. The van der Waals surface area contributed by atoms with Crippen LogP contribution in [0.4, 0.5) is 4.39 Å². The van der Waals surface area contributed by atoms with Gasteiger partial charge in [0.1, 0.15) is 5.83 Å². The van der Waals surface area contributed by atoms with Crippen molar-refractivity contribution >= 4 is 39.9 Å². The summed E-state index contributed by atoms with van der Waals surface area (Å²) in [5.41, 5.74) is 0.194. The lowest BCUT2D eigenvalue weighted by Crippen LogP contribution is -1.91. The molecule has 0 aromatic rings. The smallest absolute Gasteiger partial charge is 0.142 e. The second-order valence-electron chi connectivity index (χ2n) is 1.56. The van der Waals surface area contributed by atoms with Crippen LogP contribution in [0.15, 0.2) is 23.5 Å². The molecule has 0 aliphatic heterocycles. The number of hydrogen-bond acceptors (Lipinski definition) is 1. The van der Waals surface area contributed by atoms with Crippen LogP contribution in [0.5, 0.6) is 0 Å². The molecule has 0 rings (SSSR count). The number of rotatable bonds is 3. The van der Waals surface area contributed by atoms with Crippen LogP contribution in [0.1, 0.15) is 0 Å². The van der Waals surface area contributed by atoms with Crippen LogP contribution in [-0.4, -0.2) is 10.1 Å². The van der Waals surface area contributed by atoms with E-state index in [0.29, 0.717) is 4.43 Å². The van der Waals surface area contributed by atoms with Crippen LogP contribution in [0.2, 0.25) is 0 Å². The molecular formula is C6H6ClFIN. The molecule has 56 valence electrons. The molecule has 10 heavy (non-hydrogen) atoms. The Kier molecular flexibility index (Phi) is 4.89. The van der Waals surface area contributed by atoms with Gasteiger partial charge in [-0.25, -0.2) is 4.39 Å². The van der Waals surface area contributed by atoms with E-state index in [4.69, 9.17) is 17.0 Å². The molecule has 0 aromatic carbocycles. The molecule has 0 spiro atoms. The van der Waals surface area contributed by atoms with Gasteiger partial charge in [-0.05, 0) is 6.08 Å². The number of alkyl halides is 1. The van der Waals surface area contributed by atoms with E-state index in [9.17, 15) is 4.39 Å². The molecule has 0 amide bonds. The third-order valence-corrected chi connectivity index (χ3v) is 1.71. The van der Waals surface area contributed by atoms with Crippen LogP contribution in [0.25, 0.3) is 0 Å². The molecule has 0 heterocycles. The van der Waals surface area contributed by atoms with Gasteiger partial charge in [-0.15, -0.1) is 0 Å². The van der Waals surface area contributed by atoms with E-state index in [-0.39, 0.29) is 10.7 Å². The van der Waals surface area contributed by atoms with E-state index in [2.05, 4.69) is 6.58 Å². The monoisotopic (exact) mass is 273 g/mol. The Bertz CT molecular complexity index is 188. The van der Waals surface area contributed by atoms with E-state index in [1.807, 2.05) is 22.6 Å². The van der Waals surface area contributed by atoms with Crippen molar-refractivity contribution < 1.29 is 4.39 Å². The zero-order chi connectivity index (χ0) is 8.15. The van der Waals surface area contributed by atoms with Crippen molar-refractivity contribution in [1.29, 1.82) is 5.41 Å². The molecule has 1 nitrogen and oxygen atoms in total. The van der Waals surface area contributed by atoms with Crippen molar-refractivity contribution in [3.8, 4) is 0 Å².